The van der Waals surface area contributed by atoms with Crippen molar-refractivity contribution in [2.75, 3.05) is 13.2 Å². The average Bonchev–Trinajstić information content (AvgIpc) is 2.25. The highest BCUT2D eigenvalue weighted by atomic mass is 35.5. The van der Waals surface area contributed by atoms with E-state index in [0.717, 1.165) is 0 Å². The van der Waals surface area contributed by atoms with Crippen LogP contribution in [-0.2, 0) is 4.74 Å². The molecule has 0 saturated carbocycles. The molecular weight excluding hydrogens is 226 g/mol. The number of rotatable bonds is 5. The molecule has 0 aliphatic carbocycles. The Morgan fingerprint density at radius 2 is 2.00 bits per heavy atom. The fraction of sp³-hybridized carbons (Fsp3) is 0.417. The maximum atomic E-state index is 11.6. The zero-order valence-electron chi connectivity index (χ0n) is 9.50. The number of amides is 1. The van der Waals surface area contributed by atoms with Crippen molar-refractivity contribution in [3.8, 4) is 0 Å². The normalized spacial score (nSPS) is 10.5. The summed E-state index contributed by atoms with van der Waals surface area (Å²) in [5.41, 5.74) is 0.606. The van der Waals surface area contributed by atoms with Crippen molar-refractivity contribution < 1.29 is 9.53 Å². The Morgan fingerprint density at radius 1 is 1.38 bits per heavy atom. The Morgan fingerprint density at radius 3 is 2.56 bits per heavy atom. The van der Waals surface area contributed by atoms with Gasteiger partial charge < -0.3 is 10.1 Å². The second kappa shape index (κ2) is 6.51. The molecule has 0 radical (unpaired) electrons. The van der Waals surface area contributed by atoms with Crippen LogP contribution in [0, 0.1) is 0 Å². The molecule has 4 heteroatoms. The molecule has 0 heterocycles. The fourth-order valence-corrected chi connectivity index (χ4v) is 1.29. The van der Waals surface area contributed by atoms with E-state index in [-0.39, 0.29) is 12.0 Å². The van der Waals surface area contributed by atoms with Crippen LogP contribution in [0.25, 0.3) is 0 Å². The summed E-state index contributed by atoms with van der Waals surface area (Å²) in [4.78, 5) is 11.6. The molecule has 1 amide bonds. The number of hydrogen-bond acceptors (Lipinski definition) is 2. The van der Waals surface area contributed by atoms with Crippen LogP contribution < -0.4 is 5.32 Å². The molecule has 16 heavy (non-hydrogen) atoms. The maximum absolute atomic E-state index is 11.6. The molecule has 1 aromatic carbocycles. The highest BCUT2D eigenvalue weighted by Crippen LogP contribution is 2.09. The summed E-state index contributed by atoms with van der Waals surface area (Å²) in [6.45, 7) is 4.96. The molecule has 0 unspecified atom stereocenters. The lowest BCUT2D eigenvalue weighted by molar-refractivity contribution is 0.0746. The molecule has 0 bridgehead atoms. The first kappa shape index (κ1) is 13.0. The second-order valence-corrected chi connectivity index (χ2v) is 4.12. The lowest BCUT2D eigenvalue weighted by atomic mass is 10.2. The molecule has 1 rings (SSSR count). The quantitative estimate of drug-likeness (QED) is 0.805. The third-order valence-corrected chi connectivity index (χ3v) is 2.20. The van der Waals surface area contributed by atoms with Crippen molar-refractivity contribution in [1.29, 1.82) is 0 Å². The third-order valence-electron chi connectivity index (χ3n) is 1.95. The lowest BCUT2D eigenvalue weighted by Crippen LogP contribution is -2.27. The summed E-state index contributed by atoms with van der Waals surface area (Å²) in [5, 5.41) is 3.39. The van der Waals surface area contributed by atoms with E-state index in [1.165, 1.54) is 0 Å². The van der Waals surface area contributed by atoms with E-state index in [2.05, 4.69) is 5.32 Å². The Kier molecular flexibility index (Phi) is 5.29. The number of ether oxygens (including phenoxy) is 1. The maximum Gasteiger partial charge on any atom is 0.251 e. The zero-order chi connectivity index (χ0) is 12.0. The summed E-state index contributed by atoms with van der Waals surface area (Å²) < 4.78 is 5.31. The van der Waals surface area contributed by atoms with Gasteiger partial charge in [-0.25, -0.2) is 0 Å². The summed E-state index contributed by atoms with van der Waals surface area (Å²) in [5.74, 6) is -0.107. The molecule has 0 atom stereocenters. The van der Waals surface area contributed by atoms with E-state index in [1.54, 1.807) is 24.3 Å². The number of carbonyl (C=O) groups excluding carboxylic acids is 1. The molecule has 0 spiro atoms. The Balaban J connectivity index is 2.32. The van der Waals surface area contributed by atoms with Gasteiger partial charge >= 0.3 is 0 Å². The highest BCUT2D eigenvalue weighted by Gasteiger charge is 2.04. The van der Waals surface area contributed by atoms with Crippen LogP contribution in [0.1, 0.15) is 24.2 Å². The minimum atomic E-state index is -0.107. The van der Waals surface area contributed by atoms with Crippen LogP contribution in [0.3, 0.4) is 0 Å². The van der Waals surface area contributed by atoms with Crippen molar-refractivity contribution in [3.63, 3.8) is 0 Å². The topological polar surface area (TPSA) is 38.3 Å². The minimum Gasteiger partial charge on any atom is -0.377 e. The molecule has 88 valence electrons. The largest absolute Gasteiger partial charge is 0.377 e. The van der Waals surface area contributed by atoms with Gasteiger partial charge in [-0.1, -0.05) is 11.6 Å². The van der Waals surface area contributed by atoms with Gasteiger partial charge in [0.15, 0.2) is 0 Å². The van der Waals surface area contributed by atoms with Crippen molar-refractivity contribution in [1.82, 2.24) is 5.32 Å². The molecular formula is C12H16ClNO2. The number of halogens is 1. The molecule has 0 aromatic heterocycles. The lowest BCUT2D eigenvalue weighted by Gasteiger charge is -2.08. The van der Waals surface area contributed by atoms with Gasteiger partial charge in [-0.3, -0.25) is 4.79 Å². The summed E-state index contributed by atoms with van der Waals surface area (Å²) in [6.07, 6.45) is 0.187. The van der Waals surface area contributed by atoms with Crippen LogP contribution in [0.4, 0.5) is 0 Å². The van der Waals surface area contributed by atoms with Gasteiger partial charge in [0, 0.05) is 17.1 Å². The van der Waals surface area contributed by atoms with E-state index >= 15 is 0 Å². The van der Waals surface area contributed by atoms with Crippen LogP contribution in [0.15, 0.2) is 24.3 Å². The van der Waals surface area contributed by atoms with E-state index in [0.29, 0.717) is 23.7 Å². The first-order valence-corrected chi connectivity index (χ1v) is 5.63. The predicted octanol–water partition coefficient (Wildman–Crippen LogP) is 2.49. The van der Waals surface area contributed by atoms with E-state index in [4.69, 9.17) is 16.3 Å². The highest BCUT2D eigenvalue weighted by molar-refractivity contribution is 6.30. The van der Waals surface area contributed by atoms with E-state index in [9.17, 15) is 4.79 Å². The SMILES string of the molecule is CC(C)OCCNC(=O)c1ccc(Cl)cc1. The van der Waals surface area contributed by atoms with Gasteiger partial charge in [0.1, 0.15) is 0 Å². The molecule has 0 saturated heterocycles. The van der Waals surface area contributed by atoms with Gasteiger partial charge in [0.05, 0.1) is 12.7 Å². The van der Waals surface area contributed by atoms with Gasteiger partial charge in [-0.2, -0.15) is 0 Å². The number of nitrogens with one attached hydrogen (secondary N) is 1. The Hall–Kier alpha value is -1.06. The van der Waals surface area contributed by atoms with Gasteiger partial charge in [-0.05, 0) is 38.1 Å². The summed E-state index contributed by atoms with van der Waals surface area (Å²) in [7, 11) is 0. The summed E-state index contributed by atoms with van der Waals surface area (Å²) in [6, 6.07) is 6.78. The Labute approximate surface area is 101 Å². The average molecular weight is 242 g/mol. The third kappa shape index (κ3) is 4.64. The minimum absolute atomic E-state index is 0.107. The number of benzene rings is 1. The summed E-state index contributed by atoms with van der Waals surface area (Å²) >= 11 is 5.73. The van der Waals surface area contributed by atoms with Crippen molar-refractivity contribution in [2.45, 2.75) is 20.0 Å². The number of carbonyl (C=O) groups is 1. The molecule has 1 aromatic rings. The standard InChI is InChI=1S/C12H16ClNO2/c1-9(2)16-8-7-14-12(15)10-3-5-11(13)6-4-10/h3-6,9H,7-8H2,1-2H3,(H,14,15). The van der Waals surface area contributed by atoms with E-state index in [1.807, 2.05) is 13.8 Å². The van der Waals surface area contributed by atoms with Gasteiger partial charge in [-0.15, -0.1) is 0 Å². The molecule has 0 aliphatic heterocycles. The first-order valence-electron chi connectivity index (χ1n) is 5.25. The van der Waals surface area contributed by atoms with Crippen molar-refractivity contribution in [2.24, 2.45) is 0 Å². The molecule has 0 aliphatic rings. The Bertz CT molecular complexity index is 335. The van der Waals surface area contributed by atoms with Crippen molar-refractivity contribution >= 4 is 17.5 Å². The molecule has 3 nitrogen and oxygen atoms in total. The number of hydrogen-bond donors (Lipinski definition) is 1. The van der Waals surface area contributed by atoms with E-state index < -0.39 is 0 Å². The van der Waals surface area contributed by atoms with Crippen LogP contribution in [0.5, 0.6) is 0 Å². The first-order chi connectivity index (χ1) is 7.59. The monoisotopic (exact) mass is 241 g/mol. The van der Waals surface area contributed by atoms with Crippen LogP contribution in [0.2, 0.25) is 5.02 Å². The molecule has 1 N–H and O–H groups in total. The van der Waals surface area contributed by atoms with Crippen molar-refractivity contribution in [3.05, 3.63) is 34.9 Å². The van der Waals surface area contributed by atoms with Crippen LogP contribution in [-0.4, -0.2) is 25.2 Å². The fourth-order valence-electron chi connectivity index (χ4n) is 1.16. The predicted molar refractivity (Wildman–Crippen MR) is 64.9 cm³/mol. The van der Waals surface area contributed by atoms with Crippen LogP contribution >= 0.6 is 11.6 Å². The van der Waals surface area contributed by atoms with Gasteiger partial charge in [0.2, 0.25) is 0 Å². The second-order valence-electron chi connectivity index (χ2n) is 3.68. The zero-order valence-corrected chi connectivity index (χ0v) is 10.3. The van der Waals surface area contributed by atoms with Gasteiger partial charge in [0.25, 0.3) is 5.91 Å². The smallest absolute Gasteiger partial charge is 0.251 e. The molecule has 0 fully saturated rings.